The van der Waals surface area contributed by atoms with E-state index in [1.807, 2.05) is 36.5 Å². The van der Waals surface area contributed by atoms with Crippen LogP contribution in [0.2, 0.25) is 0 Å². The molecule has 0 spiro atoms. The molecular weight excluding hydrogens is 282 g/mol. The van der Waals surface area contributed by atoms with Crippen LogP contribution in [0.1, 0.15) is 29.9 Å². The van der Waals surface area contributed by atoms with Gasteiger partial charge in [0.25, 0.3) is 5.91 Å². The van der Waals surface area contributed by atoms with Crippen molar-refractivity contribution in [3.63, 3.8) is 0 Å². The predicted octanol–water partition coefficient (Wildman–Crippen LogP) is 3.17. The first kappa shape index (κ1) is 14.2. The highest BCUT2D eigenvalue weighted by molar-refractivity contribution is 7.98. The molecule has 0 aliphatic carbocycles. The zero-order chi connectivity index (χ0) is 15.0. The van der Waals surface area contributed by atoms with E-state index in [4.69, 9.17) is 0 Å². The summed E-state index contributed by atoms with van der Waals surface area (Å²) >= 11 is 1.78. The van der Waals surface area contributed by atoms with Gasteiger partial charge in [0.2, 0.25) is 0 Å². The van der Waals surface area contributed by atoms with Gasteiger partial charge in [0.1, 0.15) is 0 Å². The van der Waals surface area contributed by atoms with Crippen LogP contribution in [0.4, 0.5) is 0 Å². The molecule has 0 bridgehead atoms. The average Bonchev–Trinajstić information content (AvgIpc) is 2.86. The van der Waals surface area contributed by atoms with Gasteiger partial charge in [0.15, 0.2) is 5.69 Å². The lowest BCUT2D eigenvalue weighted by atomic mass is 10.1. The van der Waals surface area contributed by atoms with E-state index in [-0.39, 0.29) is 5.91 Å². The van der Waals surface area contributed by atoms with E-state index < -0.39 is 0 Å². The third-order valence-corrected chi connectivity index (χ3v) is 5.01. The molecule has 1 aromatic heterocycles. The number of carbonyl (C=O) groups excluding carboxylic acids is 1. The van der Waals surface area contributed by atoms with Crippen LogP contribution >= 0.6 is 11.8 Å². The zero-order valence-electron chi connectivity index (χ0n) is 12.6. The van der Waals surface area contributed by atoms with Crippen molar-refractivity contribution in [1.82, 2.24) is 14.7 Å². The van der Waals surface area contributed by atoms with Gasteiger partial charge in [-0.25, -0.2) is 0 Å². The third-order valence-electron chi connectivity index (χ3n) is 3.91. The first-order chi connectivity index (χ1) is 10.2. The Balaban J connectivity index is 2.11. The molecule has 0 saturated heterocycles. The minimum absolute atomic E-state index is 0.0387. The van der Waals surface area contributed by atoms with Crippen molar-refractivity contribution in [2.45, 2.75) is 24.5 Å². The Labute approximate surface area is 129 Å². The lowest BCUT2D eigenvalue weighted by Gasteiger charge is -2.20. The molecule has 1 aliphatic heterocycles. The van der Waals surface area contributed by atoms with Crippen molar-refractivity contribution in [3.8, 4) is 11.3 Å². The minimum Gasteiger partial charge on any atom is -0.338 e. The molecule has 1 amide bonds. The minimum atomic E-state index is 0.0387. The lowest BCUT2D eigenvalue weighted by Crippen LogP contribution is -2.31. The number of nitrogens with zero attached hydrogens (tertiary/aromatic N) is 3. The van der Waals surface area contributed by atoms with Crippen molar-refractivity contribution in [2.75, 3.05) is 13.1 Å². The largest absolute Gasteiger partial charge is 0.338 e. The van der Waals surface area contributed by atoms with Gasteiger partial charge in [-0.1, -0.05) is 18.2 Å². The molecule has 21 heavy (non-hydrogen) atoms. The Morgan fingerprint density at radius 1 is 1.33 bits per heavy atom. The summed E-state index contributed by atoms with van der Waals surface area (Å²) in [7, 11) is 1.92. The number of hydrogen-bond donors (Lipinski definition) is 0. The monoisotopic (exact) mass is 301 g/mol. The molecule has 4 nitrogen and oxygen atoms in total. The summed E-state index contributed by atoms with van der Waals surface area (Å²) in [5, 5.41) is 4.52. The summed E-state index contributed by atoms with van der Waals surface area (Å²) in [6.45, 7) is 5.43. The number of rotatable bonds is 3. The highest BCUT2D eigenvalue weighted by atomic mass is 32.2. The van der Waals surface area contributed by atoms with Crippen LogP contribution in [0.15, 0.2) is 29.2 Å². The van der Waals surface area contributed by atoms with Crippen LogP contribution in [0.25, 0.3) is 11.3 Å². The molecular formula is C16H19N3OS. The van der Waals surface area contributed by atoms with E-state index in [0.29, 0.717) is 18.8 Å². The third kappa shape index (κ3) is 2.25. The molecule has 110 valence electrons. The first-order valence-electron chi connectivity index (χ1n) is 7.24. The van der Waals surface area contributed by atoms with E-state index in [1.165, 1.54) is 10.5 Å². The van der Waals surface area contributed by atoms with Gasteiger partial charge in [0.05, 0.1) is 5.69 Å². The topological polar surface area (TPSA) is 38.1 Å². The molecule has 1 aliphatic rings. The van der Waals surface area contributed by atoms with Gasteiger partial charge in [0, 0.05) is 41.9 Å². The number of hydrogen-bond acceptors (Lipinski definition) is 3. The van der Waals surface area contributed by atoms with E-state index in [1.54, 1.807) is 11.8 Å². The second-order valence-corrected chi connectivity index (χ2v) is 6.08. The van der Waals surface area contributed by atoms with Crippen LogP contribution in [-0.2, 0) is 12.8 Å². The predicted molar refractivity (Wildman–Crippen MR) is 85.5 cm³/mol. The Kier molecular flexibility index (Phi) is 3.76. The summed E-state index contributed by atoms with van der Waals surface area (Å²) in [4.78, 5) is 15.7. The average molecular weight is 301 g/mol. The van der Waals surface area contributed by atoms with Crippen molar-refractivity contribution in [3.05, 3.63) is 35.5 Å². The molecule has 1 aromatic carbocycles. The number of aromatic nitrogens is 2. The first-order valence-corrected chi connectivity index (χ1v) is 8.23. The highest BCUT2D eigenvalue weighted by Gasteiger charge is 2.28. The normalized spacial score (nSPS) is 12.7. The van der Waals surface area contributed by atoms with Crippen LogP contribution in [-0.4, -0.2) is 33.7 Å². The maximum atomic E-state index is 12.6. The van der Waals surface area contributed by atoms with Gasteiger partial charge >= 0.3 is 0 Å². The van der Waals surface area contributed by atoms with Crippen molar-refractivity contribution >= 4 is 17.7 Å². The van der Waals surface area contributed by atoms with Crippen LogP contribution in [0, 0.1) is 0 Å². The Bertz CT molecular complexity index is 689. The van der Waals surface area contributed by atoms with Crippen molar-refractivity contribution in [2.24, 2.45) is 7.05 Å². The van der Waals surface area contributed by atoms with Gasteiger partial charge < -0.3 is 4.90 Å². The quantitative estimate of drug-likeness (QED) is 0.874. The van der Waals surface area contributed by atoms with Crippen LogP contribution in [0.5, 0.6) is 0 Å². The number of aryl methyl sites for hydroxylation is 1. The smallest absolute Gasteiger partial charge is 0.274 e. The lowest BCUT2D eigenvalue weighted by molar-refractivity contribution is 0.0765. The second-order valence-electron chi connectivity index (χ2n) is 5.06. The molecule has 2 aromatic rings. The fourth-order valence-corrected chi connectivity index (χ4v) is 3.88. The Hall–Kier alpha value is -1.75. The van der Waals surface area contributed by atoms with Crippen molar-refractivity contribution in [1.29, 1.82) is 0 Å². The summed E-state index contributed by atoms with van der Waals surface area (Å²) in [6.07, 6.45) is 0. The molecule has 0 N–H and O–H groups in total. The molecule has 0 unspecified atom stereocenters. The van der Waals surface area contributed by atoms with Gasteiger partial charge in [-0.15, -0.1) is 11.8 Å². The van der Waals surface area contributed by atoms with Crippen LogP contribution in [0.3, 0.4) is 0 Å². The number of thioether (sulfide) groups is 1. The molecule has 2 heterocycles. The Morgan fingerprint density at radius 2 is 2.05 bits per heavy atom. The molecule has 0 atom stereocenters. The number of fused-ring (bicyclic) bond motifs is 3. The second kappa shape index (κ2) is 5.56. The summed E-state index contributed by atoms with van der Waals surface area (Å²) in [6, 6.07) is 8.32. The highest BCUT2D eigenvalue weighted by Crippen LogP contribution is 2.42. The molecule has 3 rings (SSSR count). The maximum absolute atomic E-state index is 12.6. The molecule has 5 heteroatoms. The van der Waals surface area contributed by atoms with E-state index in [0.717, 1.165) is 17.0 Å². The summed E-state index contributed by atoms with van der Waals surface area (Å²) < 4.78 is 1.85. The molecule has 0 radical (unpaired) electrons. The van der Waals surface area contributed by atoms with E-state index in [2.05, 4.69) is 23.3 Å². The number of amides is 1. The van der Waals surface area contributed by atoms with Crippen LogP contribution < -0.4 is 0 Å². The summed E-state index contributed by atoms with van der Waals surface area (Å²) in [5.74, 6) is 0.847. The van der Waals surface area contributed by atoms with Gasteiger partial charge in [-0.3, -0.25) is 9.48 Å². The van der Waals surface area contributed by atoms with E-state index >= 15 is 0 Å². The Morgan fingerprint density at radius 3 is 2.76 bits per heavy atom. The number of carbonyl (C=O) groups is 1. The number of benzene rings is 1. The summed E-state index contributed by atoms with van der Waals surface area (Å²) in [5.41, 5.74) is 3.94. The fourth-order valence-electron chi connectivity index (χ4n) is 2.81. The molecule has 0 saturated carbocycles. The van der Waals surface area contributed by atoms with Gasteiger partial charge in [-0.2, -0.15) is 5.10 Å². The van der Waals surface area contributed by atoms with Crippen molar-refractivity contribution < 1.29 is 4.79 Å². The zero-order valence-corrected chi connectivity index (χ0v) is 13.4. The fraction of sp³-hybridized carbons (Fsp3) is 0.375. The van der Waals surface area contributed by atoms with E-state index in [9.17, 15) is 4.79 Å². The molecule has 0 fully saturated rings. The standard InChI is InChI=1S/C16H19N3OS/c1-4-19(5-2)16(20)14-12-10-21-13-9-7-6-8-11(13)15(12)18(3)17-14/h6-9H,4-5,10H2,1-3H3. The maximum Gasteiger partial charge on any atom is 0.274 e. The SMILES string of the molecule is CCN(CC)C(=O)c1nn(C)c2c1CSc1ccccc1-2. The van der Waals surface area contributed by atoms with Gasteiger partial charge in [-0.05, 0) is 19.9 Å².